The Kier molecular flexibility index (Phi) is 7.83. The van der Waals surface area contributed by atoms with Gasteiger partial charge in [-0.3, -0.25) is 4.98 Å². The van der Waals surface area contributed by atoms with Crippen LogP contribution in [-0.2, 0) is 6.54 Å². The second-order valence-electron chi connectivity index (χ2n) is 9.70. The molecule has 2 aliphatic rings. The molecular weight excluding hydrogens is 478 g/mol. The van der Waals surface area contributed by atoms with Crippen LogP contribution in [0.1, 0.15) is 37.7 Å². The lowest BCUT2D eigenvalue weighted by atomic mass is 10.1. The van der Waals surface area contributed by atoms with Gasteiger partial charge in [-0.25, -0.2) is 13.8 Å². The summed E-state index contributed by atoms with van der Waals surface area (Å²) in [6, 6.07) is 7.60. The molecule has 0 unspecified atom stereocenters. The molecule has 10 heteroatoms. The fourth-order valence-electron chi connectivity index (χ4n) is 4.87. The van der Waals surface area contributed by atoms with Crippen LogP contribution in [0, 0.1) is 0 Å². The Hall–Kier alpha value is -3.27. The number of hydrogen-bond donors (Lipinski definition) is 1. The van der Waals surface area contributed by atoms with E-state index in [1.54, 1.807) is 19.5 Å². The molecule has 4 heterocycles. The summed E-state index contributed by atoms with van der Waals surface area (Å²) in [7, 11) is 1.62. The Morgan fingerprint density at radius 3 is 2.59 bits per heavy atom. The number of nitrogens with zero attached hydrogens (tertiary/aromatic N) is 5. The molecule has 2 saturated heterocycles. The molecule has 0 amide bonds. The molecule has 2 fully saturated rings. The van der Waals surface area contributed by atoms with Gasteiger partial charge in [0.2, 0.25) is 5.95 Å². The summed E-state index contributed by atoms with van der Waals surface area (Å²) in [5, 5.41) is 4.16. The Labute approximate surface area is 216 Å². The van der Waals surface area contributed by atoms with Crippen molar-refractivity contribution < 1.29 is 18.3 Å². The SMILES string of the molecule is COc1cc2c(NCc3cccnc3)nc(N3CCC(F)(F)CC3)nc2cc1OCCCN1CCCC1. The molecular formula is C27H34F2N6O2. The summed E-state index contributed by atoms with van der Waals surface area (Å²) >= 11 is 0. The van der Waals surface area contributed by atoms with E-state index in [4.69, 9.17) is 19.4 Å². The highest BCUT2D eigenvalue weighted by molar-refractivity contribution is 5.92. The summed E-state index contributed by atoms with van der Waals surface area (Å²) in [6.45, 7) is 4.84. The summed E-state index contributed by atoms with van der Waals surface area (Å²) in [6.07, 6.45) is 6.57. The fourth-order valence-corrected chi connectivity index (χ4v) is 4.87. The normalized spacial score (nSPS) is 17.8. The van der Waals surface area contributed by atoms with Crippen LogP contribution in [-0.4, -0.2) is 72.2 Å². The van der Waals surface area contributed by atoms with Crippen molar-refractivity contribution in [3.05, 3.63) is 42.2 Å². The van der Waals surface area contributed by atoms with Crippen molar-refractivity contribution in [2.45, 2.75) is 44.6 Å². The van der Waals surface area contributed by atoms with Crippen molar-refractivity contribution in [1.29, 1.82) is 0 Å². The first-order valence-electron chi connectivity index (χ1n) is 13.0. The van der Waals surface area contributed by atoms with Gasteiger partial charge in [-0.1, -0.05) is 6.07 Å². The highest BCUT2D eigenvalue weighted by Crippen LogP contribution is 2.36. The molecule has 37 heavy (non-hydrogen) atoms. The number of likely N-dealkylation sites (tertiary alicyclic amines) is 1. The number of ether oxygens (including phenoxy) is 2. The second-order valence-corrected chi connectivity index (χ2v) is 9.70. The lowest BCUT2D eigenvalue weighted by molar-refractivity contribution is -0.0222. The van der Waals surface area contributed by atoms with E-state index >= 15 is 0 Å². The van der Waals surface area contributed by atoms with Crippen molar-refractivity contribution in [3.8, 4) is 11.5 Å². The van der Waals surface area contributed by atoms with Crippen LogP contribution in [0.3, 0.4) is 0 Å². The summed E-state index contributed by atoms with van der Waals surface area (Å²) in [5.41, 5.74) is 1.67. The summed E-state index contributed by atoms with van der Waals surface area (Å²) in [5.74, 6) is -0.378. The van der Waals surface area contributed by atoms with Gasteiger partial charge >= 0.3 is 0 Å². The van der Waals surface area contributed by atoms with Crippen LogP contribution in [0.2, 0.25) is 0 Å². The second kappa shape index (κ2) is 11.4. The van der Waals surface area contributed by atoms with E-state index in [0.717, 1.165) is 37.0 Å². The zero-order valence-corrected chi connectivity index (χ0v) is 21.3. The minimum atomic E-state index is -2.64. The van der Waals surface area contributed by atoms with Gasteiger partial charge in [0.1, 0.15) is 5.82 Å². The third kappa shape index (κ3) is 6.36. The zero-order chi connectivity index (χ0) is 25.7. The Balaban J connectivity index is 1.41. The van der Waals surface area contributed by atoms with E-state index < -0.39 is 5.92 Å². The van der Waals surface area contributed by atoms with E-state index in [1.165, 1.54) is 12.8 Å². The smallest absolute Gasteiger partial charge is 0.251 e. The molecule has 8 nitrogen and oxygen atoms in total. The van der Waals surface area contributed by atoms with Gasteiger partial charge in [0.05, 0.1) is 19.2 Å². The van der Waals surface area contributed by atoms with E-state index in [2.05, 4.69) is 15.2 Å². The minimum Gasteiger partial charge on any atom is -0.493 e. The van der Waals surface area contributed by atoms with E-state index in [1.807, 2.05) is 29.2 Å². The number of rotatable bonds is 10. The van der Waals surface area contributed by atoms with Gasteiger partial charge in [-0.15, -0.1) is 0 Å². The molecule has 0 radical (unpaired) electrons. The molecule has 1 aromatic carbocycles. The standard InChI is InChI=1S/C27H34F2N6O2/c1-36-23-16-21-22(17-24(23)37-15-5-12-34-10-2-3-11-34)32-26(35-13-7-27(28,29)8-14-35)33-25(21)31-19-20-6-4-9-30-18-20/h4,6,9,16-18H,2-3,5,7-8,10-15,19H2,1H3,(H,31,32,33). The van der Waals surface area contributed by atoms with Gasteiger partial charge < -0.3 is 24.6 Å². The lowest BCUT2D eigenvalue weighted by Crippen LogP contribution is -2.40. The van der Waals surface area contributed by atoms with E-state index in [0.29, 0.717) is 41.9 Å². The Bertz CT molecular complexity index is 1180. The Morgan fingerprint density at radius 2 is 1.86 bits per heavy atom. The predicted octanol–water partition coefficient (Wildman–Crippen LogP) is 4.75. The predicted molar refractivity (Wildman–Crippen MR) is 140 cm³/mol. The number of anilines is 2. The molecule has 198 valence electrons. The van der Waals surface area contributed by atoms with Crippen molar-refractivity contribution in [1.82, 2.24) is 19.9 Å². The number of benzene rings is 1. The first-order valence-corrected chi connectivity index (χ1v) is 13.0. The average Bonchev–Trinajstić information content (AvgIpc) is 3.43. The van der Waals surface area contributed by atoms with Gasteiger partial charge in [0.15, 0.2) is 11.5 Å². The molecule has 0 bridgehead atoms. The van der Waals surface area contributed by atoms with Gasteiger partial charge in [0, 0.05) is 62.9 Å². The number of methoxy groups -OCH3 is 1. The number of nitrogens with one attached hydrogen (secondary N) is 1. The molecule has 0 aliphatic carbocycles. The van der Waals surface area contributed by atoms with E-state index in [9.17, 15) is 8.78 Å². The van der Waals surface area contributed by atoms with Crippen LogP contribution in [0.4, 0.5) is 20.5 Å². The molecule has 2 aromatic heterocycles. The third-order valence-corrected chi connectivity index (χ3v) is 7.00. The minimum absolute atomic E-state index is 0.205. The van der Waals surface area contributed by atoms with Gasteiger partial charge in [-0.2, -0.15) is 4.98 Å². The highest BCUT2D eigenvalue weighted by atomic mass is 19.3. The molecule has 0 spiro atoms. The Morgan fingerprint density at radius 1 is 1.05 bits per heavy atom. The quantitative estimate of drug-likeness (QED) is 0.390. The number of halogens is 2. The monoisotopic (exact) mass is 512 g/mol. The molecule has 2 aliphatic heterocycles. The molecule has 1 N–H and O–H groups in total. The first-order chi connectivity index (χ1) is 18.0. The number of hydrogen-bond acceptors (Lipinski definition) is 8. The van der Waals surface area contributed by atoms with Gasteiger partial charge in [-0.05, 0) is 50.0 Å². The molecule has 3 aromatic rings. The maximum absolute atomic E-state index is 13.8. The molecule has 0 saturated carbocycles. The molecule has 5 rings (SSSR count). The summed E-state index contributed by atoms with van der Waals surface area (Å²) < 4.78 is 39.4. The lowest BCUT2D eigenvalue weighted by Gasteiger charge is -2.32. The highest BCUT2D eigenvalue weighted by Gasteiger charge is 2.35. The van der Waals surface area contributed by atoms with Crippen LogP contribution in [0.15, 0.2) is 36.7 Å². The largest absolute Gasteiger partial charge is 0.493 e. The maximum Gasteiger partial charge on any atom is 0.251 e. The molecule has 0 atom stereocenters. The average molecular weight is 513 g/mol. The fraction of sp³-hybridized carbons (Fsp3) is 0.519. The number of fused-ring (bicyclic) bond motifs is 1. The van der Waals surface area contributed by atoms with Crippen molar-refractivity contribution in [3.63, 3.8) is 0 Å². The number of alkyl halides is 2. The third-order valence-electron chi connectivity index (χ3n) is 7.00. The van der Waals surface area contributed by atoms with Crippen molar-refractivity contribution in [2.24, 2.45) is 0 Å². The van der Waals surface area contributed by atoms with Crippen molar-refractivity contribution >= 4 is 22.7 Å². The van der Waals surface area contributed by atoms with Crippen LogP contribution in [0.25, 0.3) is 10.9 Å². The van der Waals surface area contributed by atoms with Crippen molar-refractivity contribution in [2.75, 3.05) is 56.7 Å². The van der Waals surface area contributed by atoms with Gasteiger partial charge in [0.25, 0.3) is 5.92 Å². The topological polar surface area (TPSA) is 75.6 Å². The first kappa shape index (κ1) is 25.4. The van der Waals surface area contributed by atoms with Crippen LogP contribution < -0.4 is 19.7 Å². The maximum atomic E-state index is 13.8. The number of aromatic nitrogens is 3. The summed E-state index contributed by atoms with van der Waals surface area (Å²) in [4.78, 5) is 18.0. The van der Waals surface area contributed by atoms with E-state index in [-0.39, 0.29) is 25.9 Å². The van der Waals surface area contributed by atoms with Crippen LogP contribution in [0.5, 0.6) is 11.5 Å². The van der Waals surface area contributed by atoms with Crippen LogP contribution >= 0.6 is 0 Å². The number of piperidine rings is 1. The number of pyridine rings is 1. The zero-order valence-electron chi connectivity index (χ0n) is 21.3.